The number of nitro benzene ring substituents is 1. The van der Waals surface area contributed by atoms with Gasteiger partial charge in [0.05, 0.1) is 15.9 Å². The van der Waals surface area contributed by atoms with Crippen molar-refractivity contribution < 1.29 is 18.1 Å². The summed E-state index contributed by atoms with van der Waals surface area (Å²) in [5, 5.41) is 10.6. The maximum Gasteiger partial charge on any atom is 0.292 e. The fourth-order valence-corrected chi connectivity index (χ4v) is 2.67. The second-order valence-electron chi connectivity index (χ2n) is 4.10. The highest BCUT2D eigenvalue weighted by molar-refractivity contribution is 7.89. The van der Waals surface area contributed by atoms with Gasteiger partial charge in [-0.2, -0.15) is 0 Å². The Hall–Kier alpha value is -1.71. The Kier molecular flexibility index (Phi) is 5.43. The van der Waals surface area contributed by atoms with Gasteiger partial charge < -0.3 is 10.5 Å². The van der Waals surface area contributed by atoms with E-state index >= 15 is 0 Å². The van der Waals surface area contributed by atoms with Crippen molar-refractivity contribution in [1.29, 1.82) is 0 Å². The molecule has 0 heterocycles. The molecule has 20 heavy (non-hydrogen) atoms. The van der Waals surface area contributed by atoms with Gasteiger partial charge in [-0.1, -0.05) is 0 Å². The van der Waals surface area contributed by atoms with E-state index in [9.17, 15) is 18.5 Å². The molecule has 0 amide bonds. The lowest BCUT2D eigenvalue weighted by molar-refractivity contribution is -0.383. The van der Waals surface area contributed by atoms with Crippen molar-refractivity contribution in [3.8, 4) is 0 Å². The summed E-state index contributed by atoms with van der Waals surface area (Å²) in [6, 6.07) is 3.27. The van der Waals surface area contributed by atoms with Crippen LogP contribution in [0, 0.1) is 10.1 Å². The molecule has 3 N–H and O–H groups in total. The molecule has 1 aromatic rings. The second kappa shape index (κ2) is 6.64. The molecule has 0 aliphatic rings. The van der Waals surface area contributed by atoms with Gasteiger partial charge in [0.25, 0.3) is 5.69 Å². The van der Waals surface area contributed by atoms with Crippen LogP contribution < -0.4 is 10.5 Å². The minimum absolute atomic E-state index is 0.104. The lowest BCUT2D eigenvalue weighted by Gasteiger charge is -2.13. The summed E-state index contributed by atoms with van der Waals surface area (Å²) >= 11 is 0. The molecule has 0 aliphatic carbocycles. The van der Waals surface area contributed by atoms with Gasteiger partial charge in [0.1, 0.15) is 5.69 Å². The Morgan fingerprint density at radius 2 is 2.15 bits per heavy atom. The summed E-state index contributed by atoms with van der Waals surface area (Å²) in [5.41, 5.74) is 4.94. The first kappa shape index (κ1) is 16.3. The lowest BCUT2D eigenvalue weighted by atomic mass is 10.3. The van der Waals surface area contributed by atoms with Gasteiger partial charge in [0.15, 0.2) is 0 Å². The smallest absolute Gasteiger partial charge is 0.292 e. The first-order valence-corrected chi connectivity index (χ1v) is 7.41. The highest BCUT2D eigenvalue weighted by Gasteiger charge is 2.19. The number of hydrogen-bond donors (Lipinski definition) is 2. The largest absolute Gasteiger partial charge is 0.393 e. The van der Waals surface area contributed by atoms with E-state index in [2.05, 4.69) is 4.72 Å². The molecule has 1 atom stereocenters. The number of nitro groups is 1. The van der Waals surface area contributed by atoms with Gasteiger partial charge >= 0.3 is 0 Å². The minimum Gasteiger partial charge on any atom is -0.393 e. The van der Waals surface area contributed by atoms with Gasteiger partial charge in [0.2, 0.25) is 10.0 Å². The van der Waals surface area contributed by atoms with Gasteiger partial charge in [-0.25, -0.2) is 13.1 Å². The summed E-state index contributed by atoms with van der Waals surface area (Å²) in [5.74, 6) is 0. The SMILES string of the molecule is CCOC(C)CNS(=O)(=O)c1ccc([N+](=O)[O-])c(N)c1. The molecule has 9 heteroatoms. The van der Waals surface area contributed by atoms with Crippen LogP contribution in [0.4, 0.5) is 11.4 Å². The molecule has 0 spiro atoms. The summed E-state index contributed by atoms with van der Waals surface area (Å²) in [6.45, 7) is 4.12. The summed E-state index contributed by atoms with van der Waals surface area (Å²) in [7, 11) is -3.77. The third kappa shape index (κ3) is 4.15. The Labute approximate surface area is 117 Å². The maximum absolute atomic E-state index is 12.0. The van der Waals surface area contributed by atoms with Crippen LogP contribution >= 0.6 is 0 Å². The molecule has 0 fully saturated rings. The molecule has 1 unspecified atom stereocenters. The quantitative estimate of drug-likeness (QED) is 0.437. The van der Waals surface area contributed by atoms with Crippen LogP contribution in [0.25, 0.3) is 0 Å². The molecule has 112 valence electrons. The minimum atomic E-state index is -3.77. The van der Waals surface area contributed by atoms with Crippen molar-refractivity contribution >= 4 is 21.4 Å². The van der Waals surface area contributed by atoms with Gasteiger partial charge in [-0.15, -0.1) is 0 Å². The van der Waals surface area contributed by atoms with E-state index in [0.29, 0.717) is 6.61 Å². The fraction of sp³-hybridized carbons (Fsp3) is 0.455. The van der Waals surface area contributed by atoms with Crippen molar-refractivity contribution in [2.45, 2.75) is 24.8 Å². The molecular weight excluding hydrogens is 286 g/mol. The number of sulfonamides is 1. The highest BCUT2D eigenvalue weighted by Crippen LogP contribution is 2.24. The number of nitrogens with zero attached hydrogens (tertiary/aromatic N) is 1. The monoisotopic (exact) mass is 303 g/mol. The Balaban J connectivity index is 2.88. The molecular formula is C11H17N3O5S. The van der Waals surface area contributed by atoms with E-state index in [1.165, 1.54) is 0 Å². The molecule has 0 radical (unpaired) electrons. The second-order valence-corrected chi connectivity index (χ2v) is 5.86. The van der Waals surface area contributed by atoms with Crippen molar-refractivity contribution in [1.82, 2.24) is 4.72 Å². The first-order valence-electron chi connectivity index (χ1n) is 5.93. The van der Waals surface area contributed by atoms with Crippen LogP contribution in [0.5, 0.6) is 0 Å². The number of benzene rings is 1. The standard InChI is InChI=1S/C11H17N3O5S/c1-3-19-8(2)7-13-20(17,18)9-4-5-11(14(15)16)10(12)6-9/h4-6,8,13H,3,7,12H2,1-2H3. The van der Waals surface area contributed by atoms with Gasteiger partial charge in [-0.3, -0.25) is 10.1 Å². The van der Waals surface area contributed by atoms with Crippen LogP contribution in [-0.2, 0) is 14.8 Å². The average Bonchev–Trinajstić information content (AvgIpc) is 2.36. The van der Waals surface area contributed by atoms with Crippen LogP contribution in [0.15, 0.2) is 23.1 Å². The van der Waals surface area contributed by atoms with Crippen LogP contribution in [0.2, 0.25) is 0 Å². The molecule has 0 aliphatic heterocycles. The number of anilines is 1. The highest BCUT2D eigenvalue weighted by atomic mass is 32.2. The third-order valence-corrected chi connectivity index (χ3v) is 3.94. The zero-order chi connectivity index (χ0) is 15.3. The average molecular weight is 303 g/mol. The summed E-state index contributed by atoms with van der Waals surface area (Å²) in [6.07, 6.45) is -0.273. The Morgan fingerprint density at radius 1 is 1.50 bits per heavy atom. The number of nitrogen functional groups attached to an aromatic ring is 1. The topological polar surface area (TPSA) is 125 Å². The van der Waals surface area contributed by atoms with E-state index in [1.54, 1.807) is 6.92 Å². The van der Waals surface area contributed by atoms with Crippen LogP contribution in [0.1, 0.15) is 13.8 Å². The van der Waals surface area contributed by atoms with Crippen molar-refractivity contribution in [2.24, 2.45) is 0 Å². The van der Waals surface area contributed by atoms with E-state index in [0.717, 1.165) is 18.2 Å². The number of rotatable bonds is 7. The number of ether oxygens (including phenoxy) is 1. The van der Waals surface area contributed by atoms with E-state index in [-0.39, 0.29) is 28.9 Å². The maximum atomic E-state index is 12.0. The zero-order valence-electron chi connectivity index (χ0n) is 11.2. The molecule has 1 aromatic carbocycles. The third-order valence-electron chi connectivity index (χ3n) is 2.52. The Bertz CT molecular complexity index is 588. The number of nitrogens with two attached hydrogens (primary N) is 1. The molecule has 8 nitrogen and oxygen atoms in total. The predicted molar refractivity (Wildman–Crippen MR) is 73.8 cm³/mol. The molecule has 1 rings (SSSR count). The molecule has 0 saturated carbocycles. The van der Waals surface area contributed by atoms with Crippen molar-refractivity contribution in [3.05, 3.63) is 28.3 Å². The van der Waals surface area contributed by atoms with Crippen molar-refractivity contribution in [2.75, 3.05) is 18.9 Å². The fourth-order valence-electron chi connectivity index (χ4n) is 1.52. The normalized spacial score (nSPS) is 13.1. The van der Waals surface area contributed by atoms with E-state index < -0.39 is 14.9 Å². The molecule has 0 bridgehead atoms. The van der Waals surface area contributed by atoms with Gasteiger partial charge in [-0.05, 0) is 26.0 Å². The van der Waals surface area contributed by atoms with Crippen molar-refractivity contribution in [3.63, 3.8) is 0 Å². The first-order chi connectivity index (χ1) is 9.27. The lowest BCUT2D eigenvalue weighted by Crippen LogP contribution is -2.32. The number of hydrogen-bond acceptors (Lipinski definition) is 6. The predicted octanol–water partition coefficient (Wildman–Crippen LogP) is 0.880. The Morgan fingerprint density at radius 3 is 2.65 bits per heavy atom. The van der Waals surface area contributed by atoms with Crippen LogP contribution in [-0.4, -0.2) is 32.6 Å². The van der Waals surface area contributed by atoms with Crippen LogP contribution in [0.3, 0.4) is 0 Å². The van der Waals surface area contributed by atoms with Gasteiger partial charge in [0, 0.05) is 19.2 Å². The summed E-state index contributed by atoms with van der Waals surface area (Å²) in [4.78, 5) is 9.82. The zero-order valence-corrected chi connectivity index (χ0v) is 12.0. The molecule has 0 aromatic heterocycles. The van der Waals surface area contributed by atoms with E-state index in [4.69, 9.17) is 10.5 Å². The number of nitrogens with one attached hydrogen (secondary N) is 1. The van der Waals surface area contributed by atoms with E-state index in [1.807, 2.05) is 6.92 Å². The molecule has 0 saturated heterocycles. The summed E-state index contributed by atoms with van der Waals surface area (Å²) < 4.78 is 31.5.